The van der Waals surface area contributed by atoms with Gasteiger partial charge in [-0.2, -0.15) is 0 Å². The Morgan fingerprint density at radius 1 is 1.29 bits per heavy atom. The molecule has 2 aliphatic heterocycles. The van der Waals surface area contributed by atoms with Crippen LogP contribution < -0.4 is 10.6 Å². The van der Waals surface area contributed by atoms with Crippen LogP contribution in [0.25, 0.3) is 0 Å². The van der Waals surface area contributed by atoms with Crippen LogP contribution in [0.4, 0.5) is 0 Å². The van der Waals surface area contributed by atoms with Gasteiger partial charge >= 0.3 is 0 Å². The zero-order chi connectivity index (χ0) is 16.8. The molecule has 132 valence electrons. The van der Waals surface area contributed by atoms with Crippen molar-refractivity contribution < 1.29 is 4.79 Å². The fourth-order valence-electron chi connectivity index (χ4n) is 4.20. The molecule has 4 heteroatoms. The van der Waals surface area contributed by atoms with Gasteiger partial charge < -0.3 is 10.6 Å². The van der Waals surface area contributed by atoms with Gasteiger partial charge in [0.05, 0.1) is 6.04 Å². The molecule has 0 saturated carbocycles. The van der Waals surface area contributed by atoms with E-state index in [9.17, 15) is 4.79 Å². The highest BCUT2D eigenvalue weighted by Crippen LogP contribution is 2.29. The molecule has 4 nitrogen and oxygen atoms in total. The second-order valence-corrected chi connectivity index (χ2v) is 7.23. The van der Waals surface area contributed by atoms with Gasteiger partial charge in [0.25, 0.3) is 0 Å². The average Bonchev–Trinajstić information content (AvgIpc) is 3.16. The molecule has 2 N–H and O–H groups in total. The number of carbonyl (C=O) groups is 1. The number of amides is 1. The smallest absolute Gasteiger partial charge is 0.237 e. The van der Waals surface area contributed by atoms with Gasteiger partial charge in [0.2, 0.25) is 5.91 Å². The highest BCUT2D eigenvalue weighted by Gasteiger charge is 2.27. The van der Waals surface area contributed by atoms with Crippen LogP contribution in [0.15, 0.2) is 30.3 Å². The van der Waals surface area contributed by atoms with Crippen molar-refractivity contribution >= 4 is 5.91 Å². The van der Waals surface area contributed by atoms with Gasteiger partial charge in [-0.3, -0.25) is 9.69 Å². The van der Waals surface area contributed by atoms with Gasteiger partial charge in [0, 0.05) is 19.1 Å². The number of carbonyl (C=O) groups excluding carboxylic acids is 1. The number of hydrogen-bond donors (Lipinski definition) is 2. The van der Waals surface area contributed by atoms with E-state index in [1.54, 1.807) is 0 Å². The predicted octanol–water partition coefficient (Wildman–Crippen LogP) is 2.72. The van der Waals surface area contributed by atoms with E-state index in [4.69, 9.17) is 0 Å². The molecule has 2 fully saturated rings. The summed E-state index contributed by atoms with van der Waals surface area (Å²) in [6, 6.07) is 11.4. The van der Waals surface area contributed by atoms with Crippen LogP contribution in [0.3, 0.4) is 0 Å². The molecule has 1 aromatic carbocycles. The van der Waals surface area contributed by atoms with E-state index in [1.807, 2.05) is 0 Å². The lowest BCUT2D eigenvalue weighted by atomic mass is 9.93. The second kappa shape index (κ2) is 8.63. The maximum atomic E-state index is 12.2. The minimum absolute atomic E-state index is 0.0393. The van der Waals surface area contributed by atoms with Crippen molar-refractivity contribution in [3.63, 3.8) is 0 Å². The van der Waals surface area contributed by atoms with E-state index in [1.165, 1.54) is 24.9 Å². The van der Waals surface area contributed by atoms with Crippen molar-refractivity contribution in [3.8, 4) is 0 Å². The number of rotatable bonds is 6. The molecule has 2 heterocycles. The van der Waals surface area contributed by atoms with Crippen LogP contribution in [0.1, 0.15) is 50.6 Å². The summed E-state index contributed by atoms with van der Waals surface area (Å²) in [5.74, 6) is 0.765. The third-order valence-electron chi connectivity index (χ3n) is 5.50. The fourth-order valence-corrected chi connectivity index (χ4v) is 4.20. The van der Waals surface area contributed by atoms with Crippen molar-refractivity contribution in [3.05, 3.63) is 35.9 Å². The lowest BCUT2D eigenvalue weighted by molar-refractivity contribution is -0.123. The van der Waals surface area contributed by atoms with Crippen LogP contribution >= 0.6 is 0 Å². The number of piperidine rings is 1. The molecule has 24 heavy (non-hydrogen) atoms. The van der Waals surface area contributed by atoms with Gasteiger partial charge in [-0.05, 0) is 56.7 Å². The quantitative estimate of drug-likeness (QED) is 0.843. The number of likely N-dealkylation sites (tertiary alicyclic amines) is 1. The Kier molecular flexibility index (Phi) is 6.27. The van der Waals surface area contributed by atoms with Crippen LogP contribution in [0, 0.1) is 5.92 Å². The van der Waals surface area contributed by atoms with Gasteiger partial charge in [0.1, 0.15) is 0 Å². The third-order valence-corrected chi connectivity index (χ3v) is 5.50. The van der Waals surface area contributed by atoms with E-state index < -0.39 is 0 Å². The molecule has 0 aliphatic carbocycles. The Hall–Kier alpha value is -1.39. The Morgan fingerprint density at radius 3 is 2.83 bits per heavy atom. The Balaban J connectivity index is 1.52. The van der Waals surface area contributed by atoms with Crippen molar-refractivity contribution in [1.82, 2.24) is 15.5 Å². The summed E-state index contributed by atoms with van der Waals surface area (Å²) >= 11 is 0. The number of benzene rings is 1. The largest absolute Gasteiger partial charge is 0.354 e. The summed E-state index contributed by atoms with van der Waals surface area (Å²) in [6.45, 7) is 6.33. The average molecular weight is 329 g/mol. The predicted molar refractivity (Wildman–Crippen MR) is 97.8 cm³/mol. The molecular formula is C20H31N3O. The first-order valence-corrected chi connectivity index (χ1v) is 9.58. The van der Waals surface area contributed by atoms with Gasteiger partial charge in [-0.1, -0.05) is 37.3 Å². The van der Waals surface area contributed by atoms with Crippen molar-refractivity contribution in [1.29, 1.82) is 0 Å². The molecule has 1 amide bonds. The molecule has 1 aromatic rings. The van der Waals surface area contributed by atoms with Crippen LogP contribution in [0.5, 0.6) is 0 Å². The van der Waals surface area contributed by atoms with Gasteiger partial charge in [-0.25, -0.2) is 0 Å². The highest BCUT2D eigenvalue weighted by molar-refractivity contribution is 5.81. The van der Waals surface area contributed by atoms with E-state index in [0.29, 0.717) is 12.0 Å². The highest BCUT2D eigenvalue weighted by atomic mass is 16.2. The van der Waals surface area contributed by atoms with Crippen LogP contribution in [-0.2, 0) is 4.79 Å². The molecule has 3 unspecified atom stereocenters. The molecule has 2 saturated heterocycles. The fraction of sp³-hybridized carbons (Fsp3) is 0.650. The van der Waals surface area contributed by atoms with Crippen LogP contribution in [-0.4, -0.2) is 43.0 Å². The maximum absolute atomic E-state index is 12.2. The van der Waals surface area contributed by atoms with Crippen molar-refractivity contribution in [2.45, 2.75) is 51.1 Å². The molecular weight excluding hydrogens is 298 g/mol. The Morgan fingerprint density at radius 2 is 2.12 bits per heavy atom. The SMILES string of the molecule is CCC(c1ccccc1)N1CCCC(CNC(=O)C2CCCN2)C1. The minimum Gasteiger partial charge on any atom is -0.354 e. The standard InChI is InChI=1S/C20H31N3O/c1-2-19(17-9-4-3-5-10-17)23-13-7-8-16(15-23)14-22-20(24)18-11-6-12-21-18/h3-5,9-10,16,18-19,21H,2,6-8,11-15H2,1H3,(H,22,24). The van der Waals surface area contributed by atoms with E-state index in [2.05, 4.69) is 52.8 Å². The van der Waals surface area contributed by atoms with Crippen LogP contribution in [0.2, 0.25) is 0 Å². The van der Waals surface area contributed by atoms with Gasteiger partial charge in [0.15, 0.2) is 0 Å². The number of nitrogens with zero attached hydrogens (tertiary/aromatic N) is 1. The first-order valence-electron chi connectivity index (χ1n) is 9.58. The number of hydrogen-bond acceptors (Lipinski definition) is 3. The normalized spacial score (nSPS) is 26.2. The summed E-state index contributed by atoms with van der Waals surface area (Å²) in [7, 11) is 0. The van der Waals surface area contributed by atoms with E-state index in [0.717, 1.165) is 38.9 Å². The summed E-state index contributed by atoms with van der Waals surface area (Å²) in [5.41, 5.74) is 1.42. The second-order valence-electron chi connectivity index (χ2n) is 7.23. The summed E-state index contributed by atoms with van der Waals surface area (Å²) < 4.78 is 0. The summed E-state index contributed by atoms with van der Waals surface area (Å²) in [5, 5.41) is 6.46. The zero-order valence-corrected chi connectivity index (χ0v) is 14.8. The van der Waals surface area contributed by atoms with Crippen molar-refractivity contribution in [2.75, 3.05) is 26.2 Å². The topological polar surface area (TPSA) is 44.4 Å². The Labute approximate surface area is 146 Å². The molecule has 0 bridgehead atoms. The minimum atomic E-state index is 0.0393. The molecule has 0 spiro atoms. The first kappa shape index (κ1) is 17.4. The Bertz CT molecular complexity index is 513. The summed E-state index contributed by atoms with van der Waals surface area (Å²) in [6.07, 6.45) is 5.68. The lowest BCUT2D eigenvalue weighted by Gasteiger charge is -2.38. The summed E-state index contributed by atoms with van der Waals surface area (Å²) in [4.78, 5) is 14.8. The molecule has 3 atom stereocenters. The lowest BCUT2D eigenvalue weighted by Crippen LogP contribution is -2.46. The third kappa shape index (κ3) is 4.37. The molecule has 3 rings (SSSR count). The number of nitrogens with one attached hydrogen (secondary N) is 2. The van der Waals surface area contributed by atoms with E-state index >= 15 is 0 Å². The monoisotopic (exact) mass is 329 g/mol. The molecule has 0 radical (unpaired) electrons. The first-order chi connectivity index (χ1) is 11.8. The maximum Gasteiger partial charge on any atom is 0.237 e. The van der Waals surface area contributed by atoms with Crippen molar-refractivity contribution in [2.24, 2.45) is 5.92 Å². The van der Waals surface area contributed by atoms with E-state index in [-0.39, 0.29) is 11.9 Å². The molecule has 2 aliphatic rings. The zero-order valence-electron chi connectivity index (χ0n) is 14.8. The van der Waals surface area contributed by atoms with Gasteiger partial charge in [-0.15, -0.1) is 0 Å². The molecule has 0 aromatic heterocycles.